The summed E-state index contributed by atoms with van der Waals surface area (Å²) in [5, 5.41) is 14.4. The van der Waals surface area contributed by atoms with Gasteiger partial charge in [-0.25, -0.2) is 0 Å². The van der Waals surface area contributed by atoms with Gasteiger partial charge in [0, 0.05) is 25.6 Å². The number of ether oxygens (including phenoxy) is 1. The molecule has 2 fully saturated rings. The lowest BCUT2D eigenvalue weighted by Crippen LogP contribution is -2.32. The van der Waals surface area contributed by atoms with E-state index in [4.69, 9.17) is 4.74 Å². The Hall–Kier alpha value is -0.520. The number of hydrogen-bond donors (Lipinski definition) is 1. The monoisotopic (exact) mass is 267 g/mol. The lowest BCUT2D eigenvalue weighted by atomic mass is 9.80. The number of rotatable bonds is 7. The van der Waals surface area contributed by atoms with Crippen molar-refractivity contribution in [1.82, 2.24) is 15.5 Å². The first-order valence-corrected chi connectivity index (χ1v) is 7.81. The molecule has 0 atom stereocenters. The number of nitrogens with one attached hydrogen (secondary N) is 1. The summed E-state index contributed by atoms with van der Waals surface area (Å²) in [7, 11) is 0. The van der Waals surface area contributed by atoms with E-state index in [-0.39, 0.29) is 0 Å². The van der Waals surface area contributed by atoms with Gasteiger partial charge >= 0.3 is 0 Å². The first kappa shape index (κ1) is 12.5. The van der Waals surface area contributed by atoms with Crippen molar-refractivity contribution in [2.45, 2.75) is 57.7 Å². The first-order valence-electron chi connectivity index (χ1n) is 6.99. The molecule has 1 N–H and O–H groups in total. The Kier molecular flexibility index (Phi) is 3.91. The molecule has 0 aromatic carbocycles. The average Bonchev–Trinajstić information content (AvgIpc) is 3.04. The summed E-state index contributed by atoms with van der Waals surface area (Å²) >= 11 is 1.77. The molecule has 2 aliphatic rings. The highest BCUT2D eigenvalue weighted by Crippen LogP contribution is 2.33. The fraction of sp³-hybridized carbons (Fsp3) is 0.846. The minimum Gasteiger partial charge on any atom is -0.378 e. The van der Waals surface area contributed by atoms with Crippen LogP contribution < -0.4 is 5.32 Å². The van der Waals surface area contributed by atoms with E-state index in [9.17, 15) is 0 Å². The second kappa shape index (κ2) is 5.63. The fourth-order valence-corrected chi connectivity index (χ4v) is 3.33. The molecular formula is C13H21N3OS. The maximum Gasteiger partial charge on any atom is 0.131 e. The molecule has 1 heterocycles. The Balaban J connectivity index is 1.40. The number of nitrogens with zero attached hydrogens (tertiary/aromatic N) is 2. The van der Waals surface area contributed by atoms with Crippen molar-refractivity contribution >= 4 is 11.3 Å². The maximum absolute atomic E-state index is 5.58. The topological polar surface area (TPSA) is 47.0 Å². The molecule has 1 aromatic heterocycles. The third kappa shape index (κ3) is 3.28. The molecule has 0 saturated heterocycles. The molecule has 0 spiro atoms. The van der Waals surface area contributed by atoms with E-state index >= 15 is 0 Å². The summed E-state index contributed by atoms with van der Waals surface area (Å²) in [4.78, 5) is 0. The van der Waals surface area contributed by atoms with E-state index in [1.807, 2.05) is 0 Å². The van der Waals surface area contributed by atoms with Crippen LogP contribution >= 0.6 is 11.3 Å². The van der Waals surface area contributed by atoms with E-state index in [2.05, 4.69) is 22.4 Å². The Morgan fingerprint density at radius 2 is 2.06 bits per heavy atom. The van der Waals surface area contributed by atoms with E-state index in [0.29, 0.717) is 6.10 Å². The fourth-order valence-electron chi connectivity index (χ4n) is 2.42. The van der Waals surface area contributed by atoms with Gasteiger partial charge in [-0.3, -0.25) is 0 Å². The molecular weight excluding hydrogens is 246 g/mol. The van der Waals surface area contributed by atoms with Gasteiger partial charge in [0.1, 0.15) is 10.0 Å². The predicted octanol–water partition coefficient (Wildman–Crippen LogP) is 2.15. The quantitative estimate of drug-likeness (QED) is 0.822. The van der Waals surface area contributed by atoms with Crippen LogP contribution in [-0.4, -0.2) is 29.0 Å². The van der Waals surface area contributed by atoms with Gasteiger partial charge in [0.05, 0.1) is 6.10 Å². The normalized spacial score (nSPS) is 27.2. The molecule has 2 aliphatic carbocycles. The molecule has 18 heavy (non-hydrogen) atoms. The molecule has 4 nitrogen and oxygen atoms in total. The maximum atomic E-state index is 5.58. The van der Waals surface area contributed by atoms with Crippen molar-refractivity contribution in [3.8, 4) is 0 Å². The molecule has 0 aliphatic heterocycles. The standard InChI is InChI=1S/C13H21N3OS/c1-2-17-11-5-9(6-11)7-12-15-16-13(18-12)8-14-10-3-4-10/h9-11,14H,2-8H2,1H3. The molecule has 100 valence electrons. The van der Waals surface area contributed by atoms with E-state index in [1.54, 1.807) is 11.3 Å². The van der Waals surface area contributed by atoms with Crippen LogP contribution in [0.1, 0.15) is 42.6 Å². The summed E-state index contributed by atoms with van der Waals surface area (Å²) in [5.41, 5.74) is 0. The molecule has 1 aromatic rings. The lowest BCUT2D eigenvalue weighted by molar-refractivity contribution is -0.0240. The Morgan fingerprint density at radius 3 is 2.78 bits per heavy atom. The molecule has 5 heteroatoms. The van der Waals surface area contributed by atoms with Crippen molar-refractivity contribution in [2.24, 2.45) is 5.92 Å². The summed E-state index contributed by atoms with van der Waals surface area (Å²) in [6.07, 6.45) is 6.64. The van der Waals surface area contributed by atoms with Crippen molar-refractivity contribution in [1.29, 1.82) is 0 Å². The second-order valence-electron chi connectivity index (χ2n) is 5.36. The van der Waals surface area contributed by atoms with E-state index < -0.39 is 0 Å². The van der Waals surface area contributed by atoms with Crippen LogP contribution in [0.15, 0.2) is 0 Å². The zero-order valence-electron chi connectivity index (χ0n) is 10.9. The highest BCUT2D eigenvalue weighted by Gasteiger charge is 2.30. The molecule has 2 saturated carbocycles. The van der Waals surface area contributed by atoms with Gasteiger partial charge in [-0.2, -0.15) is 0 Å². The first-order chi connectivity index (χ1) is 8.83. The van der Waals surface area contributed by atoms with Gasteiger partial charge in [-0.05, 0) is 38.5 Å². The van der Waals surface area contributed by atoms with Crippen LogP contribution in [0, 0.1) is 5.92 Å². The summed E-state index contributed by atoms with van der Waals surface area (Å²) < 4.78 is 5.58. The van der Waals surface area contributed by atoms with Gasteiger partial charge in [0.25, 0.3) is 0 Å². The third-order valence-corrected chi connectivity index (χ3v) is 4.63. The number of hydrogen-bond acceptors (Lipinski definition) is 5. The Morgan fingerprint density at radius 1 is 1.28 bits per heavy atom. The van der Waals surface area contributed by atoms with Crippen LogP contribution in [0.2, 0.25) is 0 Å². The van der Waals surface area contributed by atoms with E-state index in [0.717, 1.165) is 36.5 Å². The van der Waals surface area contributed by atoms with Crippen LogP contribution in [0.25, 0.3) is 0 Å². The van der Waals surface area contributed by atoms with Crippen LogP contribution in [0.4, 0.5) is 0 Å². The lowest BCUT2D eigenvalue weighted by Gasteiger charge is -2.34. The minimum atomic E-state index is 0.504. The average molecular weight is 267 g/mol. The highest BCUT2D eigenvalue weighted by molar-refractivity contribution is 7.11. The summed E-state index contributed by atoms with van der Waals surface area (Å²) in [6.45, 7) is 3.80. The van der Waals surface area contributed by atoms with Crippen molar-refractivity contribution in [3.05, 3.63) is 10.0 Å². The van der Waals surface area contributed by atoms with Gasteiger partial charge < -0.3 is 10.1 Å². The number of aromatic nitrogens is 2. The Labute approximate surface area is 112 Å². The largest absolute Gasteiger partial charge is 0.378 e. The van der Waals surface area contributed by atoms with Gasteiger partial charge in [0.2, 0.25) is 0 Å². The predicted molar refractivity (Wildman–Crippen MR) is 71.6 cm³/mol. The molecule has 0 amide bonds. The van der Waals surface area contributed by atoms with Gasteiger partial charge in [0.15, 0.2) is 0 Å². The van der Waals surface area contributed by atoms with Crippen molar-refractivity contribution < 1.29 is 4.74 Å². The second-order valence-corrected chi connectivity index (χ2v) is 6.51. The summed E-state index contributed by atoms with van der Waals surface area (Å²) in [5.74, 6) is 0.763. The zero-order valence-corrected chi connectivity index (χ0v) is 11.7. The molecule has 0 radical (unpaired) electrons. The van der Waals surface area contributed by atoms with Gasteiger partial charge in [-0.15, -0.1) is 21.5 Å². The minimum absolute atomic E-state index is 0.504. The smallest absolute Gasteiger partial charge is 0.131 e. The SMILES string of the molecule is CCOC1CC(Cc2nnc(CNC3CC3)s2)C1. The molecule has 0 unspecified atom stereocenters. The van der Waals surface area contributed by atoms with Crippen molar-refractivity contribution in [3.63, 3.8) is 0 Å². The molecule has 0 bridgehead atoms. The van der Waals surface area contributed by atoms with E-state index in [1.165, 1.54) is 30.7 Å². The van der Waals surface area contributed by atoms with Crippen LogP contribution in [-0.2, 0) is 17.7 Å². The van der Waals surface area contributed by atoms with Gasteiger partial charge in [-0.1, -0.05) is 0 Å². The van der Waals surface area contributed by atoms with Crippen LogP contribution in [0.3, 0.4) is 0 Å². The third-order valence-electron chi connectivity index (χ3n) is 3.69. The van der Waals surface area contributed by atoms with Crippen LogP contribution in [0.5, 0.6) is 0 Å². The van der Waals surface area contributed by atoms with Crippen molar-refractivity contribution in [2.75, 3.05) is 6.61 Å². The Bertz CT molecular complexity index is 385. The molecule has 3 rings (SSSR count). The summed E-state index contributed by atoms with van der Waals surface area (Å²) in [6, 6.07) is 0.746. The highest BCUT2D eigenvalue weighted by atomic mass is 32.1. The zero-order chi connectivity index (χ0) is 12.4.